The molecule has 1 fully saturated rings. The molecular formula is C19H35N5S. The van der Waals surface area contributed by atoms with Gasteiger partial charge in [-0.15, -0.1) is 0 Å². The van der Waals surface area contributed by atoms with Gasteiger partial charge < -0.3 is 16.0 Å². The van der Waals surface area contributed by atoms with Crippen molar-refractivity contribution in [2.45, 2.75) is 58.7 Å². The highest BCUT2D eigenvalue weighted by Gasteiger charge is 2.20. The second-order valence-corrected chi connectivity index (χ2v) is 8.54. The summed E-state index contributed by atoms with van der Waals surface area (Å²) in [6.07, 6.45) is 2.35. The summed E-state index contributed by atoms with van der Waals surface area (Å²) in [4.78, 5) is 7.26. The van der Waals surface area contributed by atoms with Gasteiger partial charge in [0.2, 0.25) is 0 Å². The van der Waals surface area contributed by atoms with E-state index in [-0.39, 0.29) is 5.54 Å². The van der Waals surface area contributed by atoms with Crippen molar-refractivity contribution >= 4 is 17.3 Å². The third kappa shape index (κ3) is 8.21. The molecule has 0 amide bonds. The number of piperidine rings is 1. The highest BCUT2D eigenvalue weighted by atomic mass is 32.1. The molecule has 0 aliphatic carbocycles. The van der Waals surface area contributed by atoms with Crippen LogP contribution in [0, 0.1) is 0 Å². The van der Waals surface area contributed by atoms with Gasteiger partial charge >= 0.3 is 0 Å². The zero-order valence-electron chi connectivity index (χ0n) is 16.3. The summed E-state index contributed by atoms with van der Waals surface area (Å²) < 4.78 is 0. The third-order valence-electron chi connectivity index (χ3n) is 4.30. The first kappa shape index (κ1) is 20.2. The first-order chi connectivity index (χ1) is 12.0. The van der Waals surface area contributed by atoms with E-state index in [0.29, 0.717) is 6.04 Å². The topological polar surface area (TPSA) is 51.7 Å². The minimum atomic E-state index is 0.149. The van der Waals surface area contributed by atoms with E-state index in [1.165, 1.54) is 18.4 Å². The molecule has 5 nitrogen and oxygen atoms in total. The summed E-state index contributed by atoms with van der Waals surface area (Å²) >= 11 is 1.79. The van der Waals surface area contributed by atoms with Gasteiger partial charge in [-0.05, 0) is 62.9 Å². The highest BCUT2D eigenvalue weighted by molar-refractivity contribution is 7.07. The van der Waals surface area contributed by atoms with Crippen molar-refractivity contribution in [3.05, 3.63) is 22.4 Å². The van der Waals surface area contributed by atoms with Crippen molar-refractivity contribution < 1.29 is 0 Å². The van der Waals surface area contributed by atoms with Crippen LogP contribution in [0.3, 0.4) is 0 Å². The molecule has 0 saturated carbocycles. The van der Waals surface area contributed by atoms with E-state index in [9.17, 15) is 0 Å². The van der Waals surface area contributed by atoms with E-state index in [0.717, 1.165) is 45.2 Å². The maximum absolute atomic E-state index is 4.71. The Morgan fingerprint density at radius 3 is 2.68 bits per heavy atom. The maximum Gasteiger partial charge on any atom is 0.191 e. The lowest BCUT2D eigenvalue weighted by atomic mass is 10.0. The summed E-state index contributed by atoms with van der Waals surface area (Å²) in [7, 11) is 0. The minimum Gasteiger partial charge on any atom is -0.357 e. The number of likely N-dealkylation sites (tertiary alicyclic amines) is 1. The van der Waals surface area contributed by atoms with E-state index in [4.69, 9.17) is 4.99 Å². The highest BCUT2D eigenvalue weighted by Crippen LogP contribution is 2.15. The van der Waals surface area contributed by atoms with Crippen LogP contribution >= 0.6 is 11.3 Å². The molecule has 142 valence electrons. The second kappa shape index (κ2) is 10.1. The maximum atomic E-state index is 4.71. The molecule has 1 aromatic heterocycles. The van der Waals surface area contributed by atoms with Crippen molar-refractivity contribution in [2.75, 3.05) is 32.7 Å². The first-order valence-corrected chi connectivity index (χ1v) is 10.4. The van der Waals surface area contributed by atoms with Gasteiger partial charge in [0.1, 0.15) is 0 Å². The van der Waals surface area contributed by atoms with Crippen molar-refractivity contribution in [3.8, 4) is 0 Å². The summed E-state index contributed by atoms with van der Waals surface area (Å²) in [5, 5.41) is 14.9. The molecule has 0 spiro atoms. The number of nitrogens with one attached hydrogen (secondary N) is 3. The number of rotatable bonds is 7. The lowest BCUT2D eigenvalue weighted by Gasteiger charge is -2.33. The zero-order valence-corrected chi connectivity index (χ0v) is 17.1. The fraction of sp³-hybridized carbons (Fsp3) is 0.737. The number of hydrogen-bond donors (Lipinski definition) is 3. The van der Waals surface area contributed by atoms with Crippen LogP contribution in [0.25, 0.3) is 0 Å². The van der Waals surface area contributed by atoms with Gasteiger partial charge in [0.25, 0.3) is 0 Å². The minimum absolute atomic E-state index is 0.149. The van der Waals surface area contributed by atoms with Gasteiger partial charge in [-0.1, -0.05) is 0 Å². The number of aliphatic imine (C=N–C) groups is 1. The Hall–Kier alpha value is -1.11. The van der Waals surface area contributed by atoms with Gasteiger partial charge in [-0.2, -0.15) is 11.3 Å². The van der Waals surface area contributed by atoms with Gasteiger partial charge in [-0.3, -0.25) is 9.89 Å². The van der Waals surface area contributed by atoms with E-state index < -0.39 is 0 Å². The van der Waals surface area contributed by atoms with Crippen molar-refractivity contribution in [1.29, 1.82) is 0 Å². The predicted octanol–water partition coefficient (Wildman–Crippen LogP) is 2.66. The predicted molar refractivity (Wildman–Crippen MR) is 109 cm³/mol. The van der Waals surface area contributed by atoms with Crippen LogP contribution in [0.2, 0.25) is 0 Å². The molecule has 0 unspecified atom stereocenters. The van der Waals surface area contributed by atoms with Crippen LogP contribution in [0.1, 0.15) is 46.1 Å². The summed E-state index contributed by atoms with van der Waals surface area (Å²) in [6, 6.07) is 2.75. The van der Waals surface area contributed by atoms with E-state index >= 15 is 0 Å². The SMILES string of the molecule is CCNC(=NCCNC(C)(C)C)NC1CCN(Cc2ccsc2)CC1. The number of thiophene rings is 1. The molecule has 1 aliphatic heterocycles. The Kier molecular flexibility index (Phi) is 8.19. The van der Waals surface area contributed by atoms with Crippen LogP contribution in [-0.2, 0) is 6.54 Å². The standard InChI is InChI=1S/C19H35N5S/c1-5-20-18(21-9-10-22-19(2,3)4)23-17-6-11-24(12-7-17)14-16-8-13-25-15-16/h8,13,15,17,22H,5-7,9-12,14H2,1-4H3,(H2,20,21,23). The van der Waals surface area contributed by atoms with Gasteiger partial charge in [0, 0.05) is 44.3 Å². The Balaban J connectivity index is 1.72. The molecule has 0 radical (unpaired) electrons. The largest absolute Gasteiger partial charge is 0.357 e. The molecular weight excluding hydrogens is 330 g/mol. The number of nitrogens with zero attached hydrogens (tertiary/aromatic N) is 2. The van der Waals surface area contributed by atoms with Crippen molar-refractivity contribution in [1.82, 2.24) is 20.9 Å². The molecule has 25 heavy (non-hydrogen) atoms. The van der Waals surface area contributed by atoms with Crippen LogP contribution < -0.4 is 16.0 Å². The first-order valence-electron chi connectivity index (χ1n) is 9.49. The molecule has 0 atom stereocenters. The molecule has 2 heterocycles. The quantitative estimate of drug-likeness (QED) is 0.395. The Morgan fingerprint density at radius 1 is 1.32 bits per heavy atom. The molecule has 3 N–H and O–H groups in total. The fourth-order valence-electron chi connectivity index (χ4n) is 2.99. The average molecular weight is 366 g/mol. The molecule has 1 aromatic rings. The molecule has 2 rings (SSSR count). The fourth-order valence-corrected chi connectivity index (χ4v) is 3.65. The number of guanidine groups is 1. The van der Waals surface area contributed by atoms with Crippen molar-refractivity contribution in [3.63, 3.8) is 0 Å². The Morgan fingerprint density at radius 2 is 2.08 bits per heavy atom. The molecule has 6 heteroatoms. The van der Waals surface area contributed by atoms with E-state index in [1.54, 1.807) is 11.3 Å². The summed E-state index contributed by atoms with van der Waals surface area (Å²) in [5.74, 6) is 0.953. The van der Waals surface area contributed by atoms with Gasteiger partial charge in [0.15, 0.2) is 5.96 Å². The summed E-state index contributed by atoms with van der Waals surface area (Å²) in [5.41, 5.74) is 1.59. The monoisotopic (exact) mass is 365 g/mol. The van der Waals surface area contributed by atoms with Crippen LogP contribution in [-0.4, -0.2) is 55.2 Å². The third-order valence-corrected chi connectivity index (χ3v) is 5.03. The van der Waals surface area contributed by atoms with Gasteiger partial charge in [0.05, 0.1) is 6.54 Å². The van der Waals surface area contributed by atoms with E-state index in [2.05, 4.69) is 65.4 Å². The number of hydrogen-bond acceptors (Lipinski definition) is 4. The summed E-state index contributed by atoms with van der Waals surface area (Å²) in [6.45, 7) is 14.7. The average Bonchev–Trinajstić information content (AvgIpc) is 3.05. The molecule has 0 aromatic carbocycles. The zero-order chi connectivity index (χ0) is 18.1. The lowest BCUT2D eigenvalue weighted by Crippen LogP contribution is -2.48. The normalized spacial score (nSPS) is 17.7. The van der Waals surface area contributed by atoms with Crippen LogP contribution in [0.5, 0.6) is 0 Å². The molecule has 1 aliphatic rings. The van der Waals surface area contributed by atoms with Crippen LogP contribution in [0.4, 0.5) is 0 Å². The molecule has 1 saturated heterocycles. The van der Waals surface area contributed by atoms with Crippen molar-refractivity contribution in [2.24, 2.45) is 4.99 Å². The smallest absolute Gasteiger partial charge is 0.191 e. The van der Waals surface area contributed by atoms with E-state index in [1.807, 2.05) is 0 Å². The Labute approximate surface area is 157 Å². The van der Waals surface area contributed by atoms with Crippen LogP contribution in [0.15, 0.2) is 21.8 Å². The second-order valence-electron chi connectivity index (χ2n) is 7.76. The van der Waals surface area contributed by atoms with Gasteiger partial charge in [-0.25, -0.2) is 0 Å². The Bertz CT molecular complexity index is 498. The molecule has 0 bridgehead atoms. The lowest BCUT2D eigenvalue weighted by molar-refractivity contribution is 0.198.